The fraction of sp³-hybridized carbons (Fsp3) is 0.171. The normalized spacial score (nSPS) is 17.6. The summed E-state index contributed by atoms with van der Waals surface area (Å²) in [7, 11) is -4.21. The fourth-order valence-corrected chi connectivity index (χ4v) is 8.51. The highest BCUT2D eigenvalue weighted by atomic mass is 32.2. The molecule has 0 bridgehead atoms. The van der Waals surface area contributed by atoms with Crippen molar-refractivity contribution in [2.45, 2.75) is 29.3 Å². The van der Waals surface area contributed by atoms with Gasteiger partial charge in [-0.05, 0) is 42.3 Å². The van der Waals surface area contributed by atoms with E-state index >= 15 is 0 Å². The van der Waals surface area contributed by atoms with E-state index in [9.17, 15) is 22.8 Å². The van der Waals surface area contributed by atoms with Gasteiger partial charge in [0.05, 0.1) is 9.80 Å². The summed E-state index contributed by atoms with van der Waals surface area (Å²) in [6, 6.07) is 32.2. The van der Waals surface area contributed by atoms with Crippen molar-refractivity contribution >= 4 is 39.4 Å². The molecule has 2 aliphatic heterocycles. The van der Waals surface area contributed by atoms with Crippen molar-refractivity contribution < 1.29 is 32.3 Å². The number of benzene rings is 4. The predicted octanol–water partition coefficient (Wildman–Crippen LogP) is 4.79. The summed E-state index contributed by atoms with van der Waals surface area (Å²) in [6.45, 7) is 1.52. The van der Waals surface area contributed by atoms with Gasteiger partial charge in [0.2, 0.25) is 9.84 Å². The molecule has 2 atom stereocenters. The summed E-state index contributed by atoms with van der Waals surface area (Å²) in [4.78, 5) is 41.4. The van der Waals surface area contributed by atoms with Gasteiger partial charge in [0.25, 0.3) is 11.8 Å². The number of amides is 2. The molecule has 11 heteroatoms. The number of fused-ring (bicyclic) bond motifs is 1. The van der Waals surface area contributed by atoms with Gasteiger partial charge in [0.1, 0.15) is 22.9 Å². The fourth-order valence-electron chi connectivity index (χ4n) is 5.27. The van der Waals surface area contributed by atoms with Crippen LogP contribution in [0.25, 0.3) is 0 Å². The second-order valence-electron chi connectivity index (χ2n) is 10.8. The maximum atomic E-state index is 14.2. The topological polar surface area (TPSA) is 119 Å². The molecule has 9 nitrogen and oxygen atoms in total. The number of aryl methyl sites for hydroxylation is 1. The SMILES string of the molecule is Cc1ccc(S(=O)(=O)C2=C(C(=O)OC(c3ccccc3)c3ccccc3)N3C(=O)[C@@H](NC(=O)COc4ccccc4)[C@H]3SC2)cc1. The van der Waals surface area contributed by atoms with Crippen LogP contribution in [0.15, 0.2) is 131 Å². The lowest BCUT2D eigenvalue weighted by molar-refractivity contribution is -0.154. The molecular weight excluding hydrogens is 625 g/mol. The summed E-state index contributed by atoms with van der Waals surface area (Å²) in [5.74, 6) is -1.72. The Morgan fingerprint density at radius 1 is 0.870 bits per heavy atom. The first-order valence-corrected chi connectivity index (χ1v) is 17.0. The third-order valence-corrected chi connectivity index (χ3v) is 11.0. The van der Waals surface area contributed by atoms with Crippen LogP contribution in [0.4, 0.5) is 0 Å². The van der Waals surface area contributed by atoms with Gasteiger partial charge in [-0.2, -0.15) is 0 Å². The number of hydrogen-bond acceptors (Lipinski definition) is 8. The molecule has 1 saturated heterocycles. The maximum Gasteiger partial charge on any atom is 0.357 e. The molecule has 0 aromatic heterocycles. The highest BCUT2D eigenvalue weighted by Gasteiger charge is 2.56. The number of ether oxygens (including phenoxy) is 2. The Bertz CT molecular complexity index is 1840. The van der Waals surface area contributed by atoms with Crippen molar-refractivity contribution in [3.8, 4) is 5.75 Å². The molecule has 46 heavy (non-hydrogen) atoms. The monoisotopic (exact) mass is 654 g/mol. The van der Waals surface area contributed by atoms with Crippen LogP contribution in [0, 0.1) is 6.92 Å². The van der Waals surface area contributed by atoms with Crippen molar-refractivity contribution in [1.82, 2.24) is 10.2 Å². The van der Waals surface area contributed by atoms with E-state index in [0.717, 1.165) is 22.2 Å². The summed E-state index contributed by atoms with van der Waals surface area (Å²) in [5.41, 5.74) is 1.86. The van der Waals surface area contributed by atoms with Crippen LogP contribution in [0.2, 0.25) is 0 Å². The molecule has 2 amide bonds. The second kappa shape index (κ2) is 13.2. The highest BCUT2D eigenvalue weighted by Crippen LogP contribution is 2.44. The van der Waals surface area contributed by atoms with Crippen LogP contribution >= 0.6 is 11.8 Å². The minimum atomic E-state index is -4.21. The molecule has 4 aromatic rings. The van der Waals surface area contributed by atoms with Crippen LogP contribution in [0.3, 0.4) is 0 Å². The van der Waals surface area contributed by atoms with E-state index < -0.39 is 45.1 Å². The van der Waals surface area contributed by atoms with Gasteiger partial charge in [-0.15, -0.1) is 11.8 Å². The average molecular weight is 655 g/mol. The van der Waals surface area contributed by atoms with Gasteiger partial charge in [0.15, 0.2) is 12.7 Å². The molecule has 234 valence electrons. The van der Waals surface area contributed by atoms with E-state index in [1.165, 1.54) is 12.1 Å². The number of β-lactam (4-membered cyclic amide) rings is 1. The zero-order chi connectivity index (χ0) is 32.3. The quantitative estimate of drug-likeness (QED) is 0.192. The zero-order valence-corrected chi connectivity index (χ0v) is 26.4. The van der Waals surface area contributed by atoms with Crippen LogP contribution in [-0.2, 0) is 29.0 Å². The Morgan fingerprint density at radius 3 is 2.02 bits per heavy atom. The molecule has 2 heterocycles. The number of sulfone groups is 1. The Labute approximate surface area is 271 Å². The standard InChI is InChI=1S/C35H30N2O7S2/c1-23-17-19-27(20-18-23)46(41,42)28-22-45-34-30(36-29(38)21-43-26-15-9-4-10-16-26)33(39)37(34)31(28)35(40)44-32(24-11-5-2-6-12-24)25-13-7-3-8-14-25/h2-20,30,32,34H,21-22H2,1H3,(H,36,38)/t30-,34-/m1/s1. The highest BCUT2D eigenvalue weighted by molar-refractivity contribution is 8.02. The smallest absolute Gasteiger partial charge is 0.357 e. The lowest BCUT2D eigenvalue weighted by Crippen LogP contribution is -2.71. The van der Waals surface area contributed by atoms with Crippen LogP contribution in [0.1, 0.15) is 22.8 Å². The molecule has 0 radical (unpaired) electrons. The Kier molecular flexibility index (Phi) is 8.96. The van der Waals surface area contributed by atoms with E-state index in [0.29, 0.717) is 16.9 Å². The molecule has 6 rings (SSSR count). The Balaban J connectivity index is 1.32. The van der Waals surface area contributed by atoms with Gasteiger partial charge in [-0.25, -0.2) is 13.2 Å². The maximum absolute atomic E-state index is 14.2. The summed E-state index contributed by atoms with van der Waals surface area (Å²) in [6.07, 6.45) is -0.874. The summed E-state index contributed by atoms with van der Waals surface area (Å²) >= 11 is 1.15. The van der Waals surface area contributed by atoms with Crippen molar-refractivity contribution in [2.24, 2.45) is 0 Å². The molecule has 0 aliphatic carbocycles. The van der Waals surface area contributed by atoms with Gasteiger partial charge in [0, 0.05) is 5.75 Å². The lowest BCUT2D eigenvalue weighted by Gasteiger charge is -2.49. The van der Waals surface area contributed by atoms with Gasteiger partial charge in [-0.1, -0.05) is 96.6 Å². The van der Waals surface area contributed by atoms with Crippen molar-refractivity contribution in [3.63, 3.8) is 0 Å². The van der Waals surface area contributed by atoms with Crippen LogP contribution < -0.4 is 10.1 Å². The molecule has 1 N–H and O–H groups in total. The van der Waals surface area contributed by atoms with E-state index in [4.69, 9.17) is 9.47 Å². The number of thioether (sulfide) groups is 1. The first-order valence-electron chi connectivity index (χ1n) is 14.5. The van der Waals surface area contributed by atoms with E-state index in [1.807, 2.05) is 49.4 Å². The minimum Gasteiger partial charge on any atom is -0.484 e. The Morgan fingerprint density at radius 2 is 1.43 bits per heavy atom. The number of esters is 1. The predicted molar refractivity (Wildman–Crippen MR) is 173 cm³/mol. The molecule has 4 aromatic carbocycles. The molecule has 0 unspecified atom stereocenters. The number of hydrogen-bond donors (Lipinski definition) is 1. The number of nitrogens with zero attached hydrogens (tertiary/aromatic N) is 1. The third kappa shape index (κ3) is 6.29. The molecule has 1 fully saturated rings. The van der Waals surface area contributed by atoms with Crippen LogP contribution in [-0.4, -0.2) is 54.9 Å². The number of carbonyl (C=O) groups excluding carboxylic acids is 3. The summed E-state index contributed by atoms with van der Waals surface area (Å²) in [5, 5.41) is 1.96. The largest absolute Gasteiger partial charge is 0.484 e. The van der Waals surface area contributed by atoms with E-state index in [-0.39, 0.29) is 27.9 Å². The summed E-state index contributed by atoms with van der Waals surface area (Å²) < 4.78 is 39.6. The van der Waals surface area contributed by atoms with Gasteiger partial charge in [-0.3, -0.25) is 14.5 Å². The number of carbonyl (C=O) groups is 3. The first-order chi connectivity index (χ1) is 22.2. The molecule has 0 saturated carbocycles. The molecule has 2 aliphatic rings. The first kappa shape index (κ1) is 31.1. The average Bonchev–Trinajstić information content (AvgIpc) is 3.09. The lowest BCUT2D eigenvalue weighted by atomic mass is 10.0. The zero-order valence-electron chi connectivity index (χ0n) is 24.7. The van der Waals surface area contributed by atoms with Crippen molar-refractivity contribution in [1.29, 1.82) is 0 Å². The second-order valence-corrected chi connectivity index (χ2v) is 13.8. The van der Waals surface area contributed by atoms with Crippen LogP contribution in [0.5, 0.6) is 5.75 Å². The third-order valence-electron chi connectivity index (χ3n) is 7.64. The van der Waals surface area contributed by atoms with E-state index in [2.05, 4.69) is 5.32 Å². The number of rotatable bonds is 10. The van der Waals surface area contributed by atoms with Gasteiger partial charge < -0.3 is 14.8 Å². The van der Waals surface area contributed by atoms with Crippen molar-refractivity contribution in [2.75, 3.05) is 12.4 Å². The van der Waals surface area contributed by atoms with Gasteiger partial charge >= 0.3 is 5.97 Å². The molecular formula is C35H30N2O7S2. The number of nitrogens with one attached hydrogen (secondary N) is 1. The van der Waals surface area contributed by atoms with Crippen molar-refractivity contribution in [3.05, 3.63) is 143 Å². The molecule has 0 spiro atoms. The minimum absolute atomic E-state index is 0.00370. The number of para-hydroxylation sites is 1. The Hall–Kier alpha value is -4.87. The van der Waals surface area contributed by atoms with E-state index in [1.54, 1.807) is 60.7 Å².